The molecule has 2 rings (SSSR count). The molecule has 0 spiro atoms. The van der Waals surface area contributed by atoms with Gasteiger partial charge in [-0.25, -0.2) is 0 Å². The molecule has 0 saturated carbocycles. The van der Waals surface area contributed by atoms with E-state index in [1.54, 1.807) is 0 Å². The van der Waals surface area contributed by atoms with Gasteiger partial charge in [-0.3, -0.25) is 0 Å². The summed E-state index contributed by atoms with van der Waals surface area (Å²) in [7, 11) is 0.181. The molecule has 0 N–H and O–H groups in total. The summed E-state index contributed by atoms with van der Waals surface area (Å²) < 4.78 is 11.3. The van der Waals surface area contributed by atoms with Crippen LogP contribution in [0.25, 0.3) is 0 Å². The van der Waals surface area contributed by atoms with Crippen LogP contribution >= 0.6 is 9.03 Å². The molecular formula is C13H19O2P. The maximum absolute atomic E-state index is 5.76. The van der Waals surface area contributed by atoms with Crippen molar-refractivity contribution in [3.8, 4) is 0 Å². The summed E-state index contributed by atoms with van der Waals surface area (Å²) in [4.78, 5) is 0. The second-order valence-electron chi connectivity index (χ2n) is 4.34. The highest BCUT2D eigenvalue weighted by Crippen LogP contribution is 2.29. The van der Waals surface area contributed by atoms with Gasteiger partial charge in [-0.05, 0) is 37.3 Å². The van der Waals surface area contributed by atoms with E-state index in [1.165, 1.54) is 11.1 Å². The fourth-order valence-corrected chi connectivity index (χ4v) is 2.55. The fourth-order valence-electron chi connectivity index (χ4n) is 1.86. The van der Waals surface area contributed by atoms with Gasteiger partial charge in [0.2, 0.25) is 0 Å². The molecule has 0 heterocycles. The lowest BCUT2D eigenvalue weighted by atomic mass is 10.1. The van der Waals surface area contributed by atoms with Gasteiger partial charge in [0.1, 0.15) is 0 Å². The Balaban J connectivity index is 1.75. The highest BCUT2D eigenvalue weighted by Gasteiger charge is 2.21. The van der Waals surface area contributed by atoms with Gasteiger partial charge in [-0.1, -0.05) is 31.2 Å². The van der Waals surface area contributed by atoms with Crippen molar-refractivity contribution in [2.45, 2.75) is 45.3 Å². The van der Waals surface area contributed by atoms with E-state index in [-0.39, 0.29) is 9.03 Å². The first-order chi connectivity index (χ1) is 7.79. The zero-order valence-corrected chi connectivity index (χ0v) is 10.9. The lowest BCUT2D eigenvalue weighted by molar-refractivity contribution is 0.167. The van der Waals surface area contributed by atoms with Crippen LogP contribution in [0.2, 0.25) is 0 Å². The molecule has 88 valence electrons. The first-order valence-electron chi connectivity index (χ1n) is 5.92. The zero-order chi connectivity index (χ0) is 11.4. The third-order valence-corrected chi connectivity index (χ3v) is 3.98. The van der Waals surface area contributed by atoms with Gasteiger partial charge in [0.05, 0.1) is 12.2 Å². The number of benzene rings is 1. The first-order valence-corrected chi connectivity index (χ1v) is 6.74. The lowest BCUT2D eigenvalue weighted by Crippen LogP contribution is -2.09. The molecule has 0 radical (unpaired) electrons. The predicted octanol–water partition coefficient (Wildman–Crippen LogP) is 3.49. The van der Waals surface area contributed by atoms with Gasteiger partial charge in [0.25, 0.3) is 0 Å². The van der Waals surface area contributed by atoms with Crippen LogP contribution in [0.1, 0.15) is 31.4 Å². The van der Waals surface area contributed by atoms with Crippen molar-refractivity contribution < 1.29 is 9.05 Å². The number of fused-ring (bicyclic) bond motifs is 1. The fraction of sp³-hybridized carbons (Fsp3) is 0.538. The minimum absolute atomic E-state index is 0.181. The molecule has 0 aromatic heterocycles. The Morgan fingerprint density at radius 2 is 1.94 bits per heavy atom. The van der Waals surface area contributed by atoms with Crippen LogP contribution in [0.4, 0.5) is 0 Å². The maximum Gasteiger partial charge on any atom is 0.155 e. The summed E-state index contributed by atoms with van der Waals surface area (Å²) in [6.07, 6.45) is 3.74. The van der Waals surface area contributed by atoms with Crippen molar-refractivity contribution in [2.75, 3.05) is 0 Å². The second-order valence-corrected chi connectivity index (χ2v) is 4.97. The van der Waals surface area contributed by atoms with Crippen LogP contribution in [0, 0.1) is 0 Å². The van der Waals surface area contributed by atoms with E-state index in [2.05, 4.69) is 38.1 Å². The molecule has 0 fully saturated rings. The van der Waals surface area contributed by atoms with Gasteiger partial charge in [0.15, 0.2) is 9.03 Å². The summed E-state index contributed by atoms with van der Waals surface area (Å²) in [6.45, 7) is 4.21. The monoisotopic (exact) mass is 238 g/mol. The highest BCUT2D eigenvalue weighted by atomic mass is 31.1. The SMILES string of the molecule is CCC(C)OPOC1Cc2ccccc2C1. The molecule has 2 unspecified atom stereocenters. The van der Waals surface area contributed by atoms with E-state index < -0.39 is 0 Å². The Labute approximate surface area is 99.3 Å². The average Bonchev–Trinajstić information content (AvgIpc) is 2.71. The van der Waals surface area contributed by atoms with E-state index >= 15 is 0 Å². The molecule has 0 amide bonds. The van der Waals surface area contributed by atoms with Crippen molar-refractivity contribution in [3.63, 3.8) is 0 Å². The molecule has 0 saturated heterocycles. The molecule has 2 atom stereocenters. The van der Waals surface area contributed by atoms with Gasteiger partial charge < -0.3 is 9.05 Å². The third kappa shape index (κ3) is 3.04. The van der Waals surface area contributed by atoms with Crippen molar-refractivity contribution in [2.24, 2.45) is 0 Å². The summed E-state index contributed by atoms with van der Waals surface area (Å²) in [5.74, 6) is 0. The maximum atomic E-state index is 5.76. The van der Waals surface area contributed by atoms with Crippen molar-refractivity contribution >= 4 is 9.03 Å². The molecule has 2 nitrogen and oxygen atoms in total. The molecule has 3 heteroatoms. The minimum atomic E-state index is 0.181. The van der Waals surface area contributed by atoms with Gasteiger partial charge in [-0.15, -0.1) is 0 Å². The number of hydrogen-bond acceptors (Lipinski definition) is 2. The van der Waals surface area contributed by atoms with Crippen LogP contribution in [-0.4, -0.2) is 12.2 Å². The largest absolute Gasteiger partial charge is 0.333 e. The Morgan fingerprint density at radius 3 is 2.50 bits per heavy atom. The van der Waals surface area contributed by atoms with Crippen LogP contribution in [0.15, 0.2) is 24.3 Å². The molecule has 16 heavy (non-hydrogen) atoms. The summed E-state index contributed by atoms with van der Waals surface area (Å²) in [5.41, 5.74) is 2.86. The van der Waals surface area contributed by atoms with Crippen LogP contribution in [-0.2, 0) is 21.9 Å². The second kappa shape index (κ2) is 5.77. The molecule has 1 aromatic rings. The summed E-state index contributed by atoms with van der Waals surface area (Å²) >= 11 is 0. The molecule has 0 aliphatic heterocycles. The summed E-state index contributed by atoms with van der Waals surface area (Å²) in [6, 6.07) is 8.58. The van der Waals surface area contributed by atoms with Gasteiger partial charge in [-0.2, -0.15) is 0 Å². The Kier molecular flexibility index (Phi) is 4.34. The Morgan fingerprint density at radius 1 is 1.31 bits per heavy atom. The molecule has 1 aliphatic carbocycles. The Bertz CT molecular complexity index is 315. The average molecular weight is 238 g/mol. The van der Waals surface area contributed by atoms with Crippen LogP contribution < -0.4 is 0 Å². The third-order valence-electron chi connectivity index (χ3n) is 3.05. The van der Waals surface area contributed by atoms with Crippen molar-refractivity contribution in [1.29, 1.82) is 0 Å². The topological polar surface area (TPSA) is 18.5 Å². The van der Waals surface area contributed by atoms with Gasteiger partial charge in [0, 0.05) is 0 Å². The zero-order valence-electron chi connectivity index (χ0n) is 9.90. The minimum Gasteiger partial charge on any atom is -0.333 e. The van der Waals surface area contributed by atoms with E-state index in [0.29, 0.717) is 12.2 Å². The quantitative estimate of drug-likeness (QED) is 0.731. The van der Waals surface area contributed by atoms with E-state index in [4.69, 9.17) is 9.05 Å². The normalized spacial score (nSPS) is 18.1. The Hall–Kier alpha value is -0.430. The van der Waals surface area contributed by atoms with Gasteiger partial charge >= 0.3 is 0 Å². The molecule has 1 aromatic carbocycles. The molecule has 0 bridgehead atoms. The van der Waals surface area contributed by atoms with Crippen molar-refractivity contribution in [3.05, 3.63) is 35.4 Å². The highest BCUT2D eigenvalue weighted by molar-refractivity contribution is 7.26. The number of hydrogen-bond donors (Lipinski definition) is 0. The standard InChI is InChI=1S/C13H19O2P/c1-3-10(2)14-16-15-13-8-11-6-4-5-7-12(11)9-13/h4-7,10,13,16H,3,8-9H2,1-2H3. The van der Waals surface area contributed by atoms with E-state index in [0.717, 1.165) is 19.3 Å². The van der Waals surface area contributed by atoms with E-state index in [9.17, 15) is 0 Å². The summed E-state index contributed by atoms with van der Waals surface area (Å²) in [5, 5.41) is 0. The van der Waals surface area contributed by atoms with Crippen LogP contribution in [0.5, 0.6) is 0 Å². The van der Waals surface area contributed by atoms with E-state index in [1.807, 2.05) is 0 Å². The first kappa shape index (κ1) is 12.0. The molecular weight excluding hydrogens is 219 g/mol. The lowest BCUT2D eigenvalue weighted by Gasteiger charge is -2.13. The van der Waals surface area contributed by atoms with Crippen LogP contribution in [0.3, 0.4) is 0 Å². The van der Waals surface area contributed by atoms with Crippen molar-refractivity contribution in [1.82, 2.24) is 0 Å². The smallest absolute Gasteiger partial charge is 0.155 e. The predicted molar refractivity (Wildman–Crippen MR) is 67.9 cm³/mol. The number of rotatable bonds is 5. The molecule has 1 aliphatic rings.